The molecular weight excluding hydrogens is 522 g/mol. The number of rotatable bonds is 10. The maximum absolute atomic E-state index is 13.2. The lowest BCUT2D eigenvalue weighted by molar-refractivity contribution is -0.151. The molecule has 41 heavy (non-hydrogen) atoms. The Morgan fingerprint density at radius 3 is 2.51 bits per heavy atom. The number of hydroxylamine groups is 1. The fourth-order valence-corrected chi connectivity index (χ4v) is 5.23. The SMILES string of the molecule is CCOC(=O)C1(Cc2ccc(OCc3cc(C)nc4ccccc34)cc2)CC1C(=O)Nc1ccccc1C(=O)NO. The van der Waals surface area contributed by atoms with Gasteiger partial charge in [0.1, 0.15) is 12.4 Å². The molecule has 9 nitrogen and oxygen atoms in total. The van der Waals surface area contributed by atoms with Gasteiger partial charge in [-0.3, -0.25) is 24.6 Å². The van der Waals surface area contributed by atoms with E-state index in [2.05, 4.69) is 10.3 Å². The number of para-hydroxylation sites is 2. The number of esters is 1. The van der Waals surface area contributed by atoms with E-state index < -0.39 is 29.1 Å². The van der Waals surface area contributed by atoms with E-state index in [1.165, 1.54) is 6.07 Å². The van der Waals surface area contributed by atoms with E-state index in [1.54, 1.807) is 30.6 Å². The van der Waals surface area contributed by atoms with Crippen LogP contribution in [0.3, 0.4) is 0 Å². The highest BCUT2D eigenvalue weighted by molar-refractivity contribution is 6.06. The van der Waals surface area contributed by atoms with Crippen molar-refractivity contribution >= 4 is 34.4 Å². The topological polar surface area (TPSA) is 127 Å². The molecule has 5 rings (SSSR count). The first-order valence-electron chi connectivity index (χ1n) is 13.4. The van der Waals surface area contributed by atoms with Gasteiger partial charge in [-0.05, 0) is 68.7 Å². The van der Waals surface area contributed by atoms with E-state index in [4.69, 9.17) is 14.7 Å². The zero-order chi connectivity index (χ0) is 29.0. The van der Waals surface area contributed by atoms with Gasteiger partial charge in [0.05, 0.1) is 34.7 Å². The maximum Gasteiger partial charge on any atom is 0.313 e. The van der Waals surface area contributed by atoms with Crippen molar-refractivity contribution in [2.24, 2.45) is 11.3 Å². The molecule has 9 heteroatoms. The van der Waals surface area contributed by atoms with Gasteiger partial charge in [-0.2, -0.15) is 0 Å². The number of hydrogen-bond donors (Lipinski definition) is 3. The van der Waals surface area contributed by atoms with Crippen molar-refractivity contribution < 1.29 is 29.1 Å². The Bertz CT molecular complexity index is 1600. The minimum atomic E-state index is -1.01. The Kier molecular flexibility index (Phi) is 7.98. The molecule has 2 amide bonds. The Morgan fingerprint density at radius 1 is 1.02 bits per heavy atom. The van der Waals surface area contributed by atoms with Crippen LogP contribution >= 0.6 is 0 Å². The van der Waals surface area contributed by atoms with Crippen LogP contribution in [-0.2, 0) is 27.4 Å². The minimum Gasteiger partial charge on any atom is -0.489 e. The lowest BCUT2D eigenvalue weighted by atomic mass is 9.93. The molecule has 1 fully saturated rings. The Balaban J connectivity index is 1.28. The van der Waals surface area contributed by atoms with Crippen LogP contribution in [0.2, 0.25) is 0 Å². The summed E-state index contributed by atoms with van der Waals surface area (Å²) < 4.78 is 11.4. The predicted octanol–water partition coefficient (Wildman–Crippen LogP) is 4.99. The van der Waals surface area contributed by atoms with Gasteiger partial charge >= 0.3 is 5.97 Å². The van der Waals surface area contributed by atoms with Gasteiger partial charge < -0.3 is 14.8 Å². The van der Waals surface area contributed by atoms with Gasteiger partial charge in [0.2, 0.25) is 5.91 Å². The molecule has 1 aromatic heterocycles. The van der Waals surface area contributed by atoms with E-state index in [0.29, 0.717) is 25.2 Å². The number of amides is 2. The third-order valence-electron chi connectivity index (χ3n) is 7.37. The normalized spacial score (nSPS) is 17.5. The zero-order valence-electron chi connectivity index (χ0n) is 22.8. The lowest BCUT2D eigenvalue weighted by Crippen LogP contribution is -2.29. The first-order valence-corrected chi connectivity index (χ1v) is 13.4. The van der Waals surface area contributed by atoms with Crippen molar-refractivity contribution in [3.8, 4) is 5.75 Å². The maximum atomic E-state index is 13.2. The number of fused-ring (bicyclic) bond motifs is 1. The molecule has 3 N–H and O–H groups in total. The number of aromatic nitrogens is 1. The van der Waals surface area contributed by atoms with Crippen molar-refractivity contribution in [1.82, 2.24) is 10.5 Å². The molecule has 2 atom stereocenters. The van der Waals surface area contributed by atoms with E-state index >= 15 is 0 Å². The minimum absolute atomic E-state index is 0.108. The molecule has 0 radical (unpaired) electrons. The van der Waals surface area contributed by atoms with E-state index in [1.807, 2.05) is 61.5 Å². The first-order chi connectivity index (χ1) is 19.8. The van der Waals surface area contributed by atoms with E-state index in [0.717, 1.165) is 27.7 Å². The van der Waals surface area contributed by atoms with Gasteiger partial charge in [0.25, 0.3) is 5.91 Å². The number of hydrogen-bond acceptors (Lipinski definition) is 7. The second-order valence-electron chi connectivity index (χ2n) is 10.2. The Morgan fingerprint density at radius 2 is 1.76 bits per heavy atom. The smallest absolute Gasteiger partial charge is 0.313 e. The molecule has 0 bridgehead atoms. The third-order valence-corrected chi connectivity index (χ3v) is 7.37. The number of benzene rings is 3. The van der Waals surface area contributed by atoms with E-state index in [-0.39, 0.29) is 17.9 Å². The lowest BCUT2D eigenvalue weighted by Gasteiger charge is -2.17. The number of nitrogens with zero attached hydrogens (tertiary/aromatic N) is 1. The summed E-state index contributed by atoms with van der Waals surface area (Å²) in [5.41, 5.74) is 4.68. The molecule has 0 spiro atoms. The summed E-state index contributed by atoms with van der Waals surface area (Å²) in [5.74, 6) is -1.52. The number of carbonyl (C=O) groups is 3. The van der Waals surface area contributed by atoms with Gasteiger partial charge in [0, 0.05) is 16.6 Å². The average molecular weight is 554 g/mol. The molecule has 0 aliphatic heterocycles. The van der Waals surface area contributed by atoms with Crippen LogP contribution in [-0.4, -0.2) is 34.6 Å². The monoisotopic (exact) mass is 553 g/mol. The van der Waals surface area contributed by atoms with Gasteiger partial charge in [-0.15, -0.1) is 0 Å². The standard InChI is InChI=1S/C32H31N3O6/c1-3-40-31(38)32(18-26(32)30(37)34-28-11-7-5-9-25(28)29(36)35-39)17-21-12-14-23(15-13-21)41-19-22-16-20(2)33-27-10-6-4-8-24(22)27/h4-16,26,39H,3,17-19H2,1-2H3,(H,34,37)(H,35,36). The molecule has 1 saturated carbocycles. The summed E-state index contributed by atoms with van der Waals surface area (Å²) in [4.78, 5) is 42.8. The summed E-state index contributed by atoms with van der Waals surface area (Å²) in [7, 11) is 0. The molecule has 1 heterocycles. The van der Waals surface area contributed by atoms with Crippen LogP contribution in [0.1, 0.15) is 40.5 Å². The second-order valence-corrected chi connectivity index (χ2v) is 10.2. The molecule has 4 aromatic rings. The Labute approximate surface area is 237 Å². The quantitative estimate of drug-likeness (QED) is 0.143. The van der Waals surface area contributed by atoms with E-state index in [9.17, 15) is 14.4 Å². The molecule has 210 valence electrons. The number of carbonyl (C=O) groups excluding carboxylic acids is 3. The molecule has 0 saturated heterocycles. The first kappa shape index (κ1) is 27.8. The number of ether oxygens (including phenoxy) is 2. The summed E-state index contributed by atoms with van der Waals surface area (Å²) in [5, 5.41) is 12.8. The average Bonchev–Trinajstić information content (AvgIpc) is 3.72. The van der Waals surface area contributed by atoms with Crippen LogP contribution in [0.25, 0.3) is 10.9 Å². The summed E-state index contributed by atoms with van der Waals surface area (Å²) >= 11 is 0. The van der Waals surface area contributed by atoms with Crippen LogP contribution in [0, 0.1) is 18.3 Å². The fraction of sp³-hybridized carbons (Fsp3) is 0.250. The van der Waals surface area contributed by atoms with Crippen molar-refractivity contribution in [1.29, 1.82) is 0 Å². The van der Waals surface area contributed by atoms with Crippen LogP contribution in [0.4, 0.5) is 5.69 Å². The summed E-state index contributed by atoms with van der Waals surface area (Å²) in [6, 6.07) is 23.8. The van der Waals surface area contributed by atoms with Crippen LogP contribution < -0.4 is 15.5 Å². The van der Waals surface area contributed by atoms with Crippen LogP contribution in [0.5, 0.6) is 5.75 Å². The second kappa shape index (κ2) is 11.8. The predicted molar refractivity (Wildman–Crippen MR) is 152 cm³/mol. The fourth-order valence-electron chi connectivity index (χ4n) is 5.23. The highest BCUT2D eigenvalue weighted by Gasteiger charge is 2.64. The third kappa shape index (κ3) is 5.90. The van der Waals surface area contributed by atoms with Crippen molar-refractivity contribution in [3.63, 3.8) is 0 Å². The number of aryl methyl sites for hydroxylation is 1. The van der Waals surface area contributed by atoms with Crippen LogP contribution in [0.15, 0.2) is 78.9 Å². The van der Waals surface area contributed by atoms with Crippen molar-refractivity contribution in [3.05, 3.63) is 101 Å². The molecule has 3 aromatic carbocycles. The molecular formula is C32H31N3O6. The van der Waals surface area contributed by atoms with Gasteiger partial charge in [-0.25, -0.2) is 5.48 Å². The molecule has 2 unspecified atom stereocenters. The number of anilines is 1. The highest BCUT2D eigenvalue weighted by atomic mass is 16.5. The molecule has 1 aliphatic carbocycles. The number of nitrogens with one attached hydrogen (secondary N) is 2. The van der Waals surface area contributed by atoms with Gasteiger partial charge in [-0.1, -0.05) is 42.5 Å². The van der Waals surface area contributed by atoms with Crippen molar-refractivity contribution in [2.45, 2.75) is 33.3 Å². The van der Waals surface area contributed by atoms with Gasteiger partial charge in [0.15, 0.2) is 0 Å². The largest absolute Gasteiger partial charge is 0.489 e. The zero-order valence-corrected chi connectivity index (χ0v) is 22.8. The molecule has 1 aliphatic rings. The highest BCUT2D eigenvalue weighted by Crippen LogP contribution is 2.56. The summed E-state index contributed by atoms with van der Waals surface area (Å²) in [6.45, 7) is 4.27. The number of pyridine rings is 1. The van der Waals surface area contributed by atoms with Crippen molar-refractivity contribution in [2.75, 3.05) is 11.9 Å². The Hall–Kier alpha value is -4.76. The summed E-state index contributed by atoms with van der Waals surface area (Å²) in [6.07, 6.45) is 0.635.